The van der Waals surface area contributed by atoms with Crippen molar-refractivity contribution in [2.75, 3.05) is 19.7 Å². The number of nitrogens with zero attached hydrogens (tertiary/aromatic N) is 1. The van der Waals surface area contributed by atoms with Crippen molar-refractivity contribution in [2.24, 2.45) is 5.73 Å². The number of urea groups is 1. The zero-order valence-corrected chi connectivity index (χ0v) is 16.3. The summed E-state index contributed by atoms with van der Waals surface area (Å²) in [6.45, 7) is 5.87. The van der Waals surface area contributed by atoms with Crippen molar-refractivity contribution in [1.29, 1.82) is 0 Å². The highest BCUT2D eigenvalue weighted by atomic mass is 16.5. The molecule has 9 nitrogen and oxygen atoms in total. The number of carbonyl (C=O) groups excluding carboxylic acids is 4. The lowest BCUT2D eigenvalue weighted by atomic mass is 9.90. The molecule has 9 heteroatoms. The van der Waals surface area contributed by atoms with Crippen LogP contribution in [0.25, 0.3) is 0 Å². The van der Waals surface area contributed by atoms with E-state index in [0.717, 1.165) is 4.90 Å². The van der Waals surface area contributed by atoms with Crippen LogP contribution in [-0.2, 0) is 19.9 Å². The predicted octanol–water partition coefficient (Wildman–Crippen LogP) is 0.484. The van der Waals surface area contributed by atoms with E-state index in [-0.39, 0.29) is 18.2 Å². The molecule has 0 aliphatic carbocycles. The van der Waals surface area contributed by atoms with Crippen LogP contribution < -0.4 is 16.4 Å². The van der Waals surface area contributed by atoms with E-state index in [9.17, 15) is 19.2 Å². The average molecular weight is 390 g/mol. The summed E-state index contributed by atoms with van der Waals surface area (Å²) in [5.41, 5.74) is 4.54. The van der Waals surface area contributed by atoms with Gasteiger partial charge in [-0.05, 0) is 44.9 Å². The van der Waals surface area contributed by atoms with Crippen molar-refractivity contribution in [3.63, 3.8) is 0 Å². The van der Waals surface area contributed by atoms with Gasteiger partial charge in [-0.3, -0.25) is 19.3 Å². The number of primary amides is 1. The Morgan fingerprint density at radius 1 is 1.32 bits per heavy atom. The zero-order valence-electron chi connectivity index (χ0n) is 16.3. The maximum absolute atomic E-state index is 12.8. The van der Waals surface area contributed by atoms with Gasteiger partial charge in [0, 0.05) is 18.7 Å². The van der Waals surface area contributed by atoms with Gasteiger partial charge in [-0.15, -0.1) is 0 Å². The monoisotopic (exact) mass is 390 g/mol. The first kappa shape index (κ1) is 21.4. The van der Waals surface area contributed by atoms with E-state index < -0.39 is 29.3 Å². The van der Waals surface area contributed by atoms with E-state index >= 15 is 0 Å². The lowest BCUT2D eigenvalue weighted by Crippen LogP contribution is -2.43. The van der Waals surface area contributed by atoms with Crippen molar-refractivity contribution in [2.45, 2.75) is 38.8 Å². The molecule has 1 fully saturated rings. The number of ether oxygens (including phenoxy) is 1. The minimum absolute atomic E-state index is 0.118. The van der Waals surface area contributed by atoms with Crippen LogP contribution in [0.2, 0.25) is 0 Å². The number of nitrogens with two attached hydrogens (primary N) is 1. The summed E-state index contributed by atoms with van der Waals surface area (Å²) in [6.07, 6.45) is 0.745. The molecule has 1 heterocycles. The number of amides is 5. The maximum atomic E-state index is 12.8. The van der Waals surface area contributed by atoms with E-state index in [1.807, 2.05) is 13.8 Å². The molecule has 4 N–H and O–H groups in total. The highest BCUT2D eigenvalue weighted by Gasteiger charge is 2.49. The number of carbonyl (C=O) groups is 4. The molecule has 0 radical (unpaired) electrons. The number of hydrogen-bond acceptors (Lipinski definition) is 5. The van der Waals surface area contributed by atoms with E-state index in [0.29, 0.717) is 25.1 Å². The molecule has 1 aliphatic rings. The second kappa shape index (κ2) is 8.83. The lowest BCUT2D eigenvalue weighted by molar-refractivity contribution is -0.134. The molecular weight excluding hydrogens is 364 g/mol. The summed E-state index contributed by atoms with van der Waals surface area (Å²) >= 11 is 0. The van der Waals surface area contributed by atoms with Crippen LogP contribution in [0.15, 0.2) is 24.3 Å². The first-order chi connectivity index (χ1) is 13.1. The lowest BCUT2D eigenvalue weighted by Gasteiger charge is -2.22. The summed E-state index contributed by atoms with van der Waals surface area (Å²) in [7, 11) is 0. The second-order valence-electron chi connectivity index (χ2n) is 7.01. The Morgan fingerprint density at radius 3 is 2.68 bits per heavy atom. The molecule has 152 valence electrons. The van der Waals surface area contributed by atoms with Crippen molar-refractivity contribution in [3.05, 3.63) is 35.4 Å². The zero-order chi connectivity index (χ0) is 20.9. The van der Waals surface area contributed by atoms with Crippen molar-refractivity contribution < 1.29 is 23.9 Å². The Morgan fingerprint density at radius 2 is 2.04 bits per heavy atom. The third kappa shape index (κ3) is 4.86. The summed E-state index contributed by atoms with van der Waals surface area (Å²) in [5, 5.41) is 5.25. The molecule has 0 aromatic heterocycles. The standard InChI is InChI=1S/C19H26N4O5/c1-12(2)28-9-5-8-21-15(24)11-23-17(26)19(3,22-18(23)27)14-7-4-6-13(10-14)16(20)25/h4,6-7,10,12H,5,8-9,11H2,1-3H3,(H2,20,25)(H,21,24)(H,22,27). The van der Waals surface area contributed by atoms with Gasteiger partial charge in [0.1, 0.15) is 12.1 Å². The molecule has 1 saturated heterocycles. The van der Waals surface area contributed by atoms with Crippen LogP contribution in [-0.4, -0.2) is 54.5 Å². The SMILES string of the molecule is CC(C)OCCCNC(=O)CN1C(=O)NC(C)(c2cccc(C(N)=O)c2)C1=O. The molecule has 1 aliphatic heterocycles. The molecule has 28 heavy (non-hydrogen) atoms. The second-order valence-corrected chi connectivity index (χ2v) is 7.01. The Kier molecular flexibility index (Phi) is 6.74. The normalized spacial score (nSPS) is 19.1. The minimum Gasteiger partial charge on any atom is -0.379 e. The molecular formula is C19H26N4O5. The number of hydrogen-bond donors (Lipinski definition) is 3. The minimum atomic E-state index is -1.38. The highest BCUT2D eigenvalue weighted by molar-refractivity contribution is 6.09. The Bertz CT molecular complexity index is 779. The molecule has 0 bridgehead atoms. The van der Waals surface area contributed by atoms with Crippen molar-refractivity contribution in [1.82, 2.24) is 15.5 Å². The third-order valence-corrected chi connectivity index (χ3v) is 4.40. The highest BCUT2D eigenvalue weighted by Crippen LogP contribution is 2.29. The summed E-state index contributed by atoms with van der Waals surface area (Å²) in [5.74, 6) is -1.65. The van der Waals surface area contributed by atoms with E-state index in [1.165, 1.54) is 19.1 Å². The van der Waals surface area contributed by atoms with Crippen LogP contribution in [0.3, 0.4) is 0 Å². The first-order valence-corrected chi connectivity index (χ1v) is 9.08. The van der Waals surface area contributed by atoms with Crippen LogP contribution in [0.5, 0.6) is 0 Å². The molecule has 1 aromatic rings. The molecule has 1 aromatic carbocycles. The van der Waals surface area contributed by atoms with E-state index in [1.54, 1.807) is 12.1 Å². The van der Waals surface area contributed by atoms with Crippen molar-refractivity contribution >= 4 is 23.8 Å². The van der Waals surface area contributed by atoms with E-state index in [2.05, 4.69) is 10.6 Å². The number of rotatable bonds is 9. The van der Waals surface area contributed by atoms with Gasteiger partial charge in [-0.1, -0.05) is 12.1 Å². The smallest absolute Gasteiger partial charge is 0.325 e. The van der Waals surface area contributed by atoms with E-state index in [4.69, 9.17) is 10.5 Å². The quantitative estimate of drug-likeness (QED) is 0.417. The van der Waals surface area contributed by atoms with Gasteiger partial charge >= 0.3 is 6.03 Å². The summed E-state index contributed by atoms with van der Waals surface area (Å²) < 4.78 is 5.38. The Balaban J connectivity index is 2.00. The fraction of sp³-hybridized carbons (Fsp3) is 0.474. The number of nitrogens with one attached hydrogen (secondary N) is 2. The third-order valence-electron chi connectivity index (χ3n) is 4.40. The maximum Gasteiger partial charge on any atom is 0.325 e. The summed E-state index contributed by atoms with van der Waals surface area (Å²) in [4.78, 5) is 49.5. The van der Waals surface area contributed by atoms with Gasteiger partial charge in [0.15, 0.2) is 0 Å². The van der Waals surface area contributed by atoms with Gasteiger partial charge < -0.3 is 21.1 Å². The molecule has 0 saturated carbocycles. The topological polar surface area (TPSA) is 131 Å². The average Bonchev–Trinajstić information content (AvgIpc) is 2.85. The number of benzene rings is 1. The molecule has 1 atom stereocenters. The fourth-order valence-electron chi connectivity index (χ4n) is 2.84. The largest absolute Gasteiger partial charge is 0.379 e. The van der Waals surface area contributed by atoms with Crippen LogP contribution in [0.4, 0.5) is 4.79 Å². The number of imide groups is 1. The molecule has 1 unspecified atom stereocenters. The van der Waals surface area contributed by atoms with Crippen LogP contribution in [0.1, 0.15) is 43.1 Å². The van der Waals surface area contributed by atoms with Crippen LogP contribution in [0, 0.1) is 0 Å². The fourth-order valence-corrected chi connectivity index (χ4v) is 2.84. The van der Waals surface area contributed by atoms with Crippen LogP contribution >= 0.6 is 0 Å². The molecule has 0 spiro atoms. The van der Waals surface area contributed by atoms with Gasteiger partial charge in [0.25, 0.3) is 5.91 Å². The first-order valence-electron chi connectivity index (χ1n) is 9.08. The Hall–Kier alpha value is -2.94. The van der Waals surface area contributed by atoms with Gasteiger partial charge in [-0.2, -0.15) is 0 Å². The van der Waals surface area contributed by atoms with Gasteiger partial charge in [0.05, 0.1) is 6.10 Å². The Labute approximate surface area is 163 Å². The summed E-state index contributed by atoms with van der Waals surface area (Å²) in [6, 6.07) is 5.50. The molecule has 2 rings (SSSR count). The molecule has 5 amide bonds. The van der Waals surface area contributed by atoms with Gasteiger partial charge in [-0.25, -0.2) is 4.79 Å². The predicted molar refractivity (Wildman–Crippen MR) is 101 cm³/mol. The van der Waals surface area contributed by atoms with Crippen molar-refractivity contribution in [3.8, 4) is 0 Å². The van der Waals surface area contributed by atoms with Gasteiger partial charge in [0.2, 0.25) is 11.8 Å².